The van der Waals surface area contributed by atoms with Crippen LogP contribution in [0.3, 0.4) is 0 Å². The Labute approximate surface area is 118 Å². The second-order valence-electron chi connectivity index (χ2n) is 5.01. The topological polar surface area (TPSA) is 67.4 Å². The van der Waals surface area contributed by atoms with Gasteiger partial charge in [0, 0.05) is 11.7 Å². The molecule has 1 saturated carbocycles. The number of esters is 1. The largest absolute Gasteiger partial charge is 0.465 e. The molecule has 0 unspecified atom stereocenters. The van der Waals surface area contributed by atoms with E-state index >= 15 is 0 Å². The van der Waals surface area contributed by atoms with Gasteiger partial charge in [-0.1, -0.05) is 25.3 Å². The van der Waals surface area contributed by atoms with Crippen molar-refractivity contribution in [2.75, 3.05) is 12.4 Å². The van der Waals surface area contributed by atoms with Crippen molar-refractivity contribution in [2.24, 2.45) is 0 Å². The van der Waals surface area contributed by atoms with E-state index in [0.29, 0.717) is 11.3 Å². The summed E-state index contributed by atoms with van der Waals surface area (Å²) in [6.45, 7) is 0. The molecule has 2 amide bonds. The predicted molar refractivity (Wildman–Crippen MR) is 76.8 cm³/mol. The van der Waals surface area contributed by atoms with Crippen LogP contribution in [-0.4, -0.2) is 25.2 Å². The molecule has 0 atom stereocenters. The number of nitrogens with one attached hydrogen (secondary N) is 2. The second kappa shape index (κ2) is 6.93. The third-order valence-corrected chi connectivity index (χ3v) is 3.48. The van der Waals surface area contributed by atoms with Gasteiger partial charge >= 0.3 is 12.0 Å². The van der Waals surface area contributed by atoms with Gasteiger partial charge in [-0.05, 0) is 31.0 Å². The van der Waals surface area contributed by atoms with Crippen molar-refractivity contribution in [1.29, 1.82) is 0 Å². The molecule has 20 heavy (non-hydrogen) atoms. The summed E-state index contributed by atoms with van der Waals surface area (Å²) in [6.07, 6.45) is 5.66. The van der Waals surface area contributed by atoms with E-state index in [2.05, 4.69) is 15.4 Å². The molecule has 0 bridgehead atoms. The van der Waals surface area contributed by atoms with E-state index in [9.17, 15) is 9.59 Å². The number of benzene rings is 1. The van der Waals surface area contributed by atoms with Gasteiger partial charge in [-0.15, -0.1) is 0 Å². The summed E-state index contributed by atoms with van der Waals surface area (Å²) < 4.78 is 4.65. The zero-order chi connectivity index (χ0) is 14.4. The fourth-order valence-electron chi connectivity index (χ4n) is 2.44. The smallest absolute Gasteiger partial charge is 0.337 e. The van der Waals surface area contributed by atoms with Gasteiger partial charge < -0.3 is 15.4 Å². The highest BCUT2D eigenvalue weighted by Gasteiger charge is 2.15. The summed E-state index contributed by atoms with van der Waals surface area (Å²) >= 11 is 0. The third-order valence-electron chi connectivity index (χ3n) is 3.48. The van der Waals surface area contributed by atoms with Crippen LogP contribution in [-0.2, 0) is 4.74 Å². The fraction of sp³-hybridized carbons (Fsp3) is 0.467. The predicted octanol–water partition coefficient (Wildman–Crippen LogP) is 2.93. The minimum atomic E-state index is -0.415. The van der Waals surface area contributed by atoms with Gasteiger partial charge in [0.2, 0.25) is 0 Å². The van der Waals surface area contributed by atoms with Crippen molar-refractivity contribution in [3.63, 3.8) is 0 Å². The van der Waals surface area contributed by atoms with Crippen molar-refractivity contribution < 1.29 is 14.3 Å². The molecular formula is C15H20N2O3. The number of ether oxygens (including phenoxy) is 1. The highest BCUT2D eigenvalue weighted by Crippen LogP contribution is 2.17. The van der Waals surface area contributed by atoms with Crippen LogP contribution in [0.25, 0.3) is 0 Å². The third kappa shape index (κ3) is 3.98. The van der Waals surface area contributed by atoms with Gasteiger partial charge in [-0.2, -0.15) is 0 Å². The first kappa shape index (κ1) is 14.4. The number of rotatable bonds is 3. The van der Waals surface area contributed by atoms with E-state index < -0.39 is 5.97 Å². The number of carbonyl (C=O) groups is 2. The molecule has 0 aromatic heterocycles. The molecule has 2 N–H and O–H groups in total. The van der Waals surface area contributed by atoms with Gasteiger partial charge in [0.15, 0.2) is 0 Å². The monoisotopic (exact) mass is 276 g/mol. The lowest BCUT2D eigenvalue weighted by atomic mass is 9.96. The zero-order valence-corrected chi connectivity index (χ0v) is 11.6. The molecular weight excluding hydrogens is 256 g/mol. The van der Waals surface area contributed by atoms with Crippen LogP contribution in [0.5, 0.6) is 0 Å². The number of methoxy groups -OCH3 is 1. The van der Waals surface area contributed by atoms with E-state index in [4.69, 9.17) is 0 Å². The number of carbonyl (C=O) groups excluding carboxylic acids is 2. The first-order valence-electron chi connectivity index (χ1n) is 6.95. The Kier molecular flexibility index (Phi) is 4.98. The Bertz CT molecular complexity index is 482. The van der Waals surface area contributed by atoms with E-state index in [1.807, 2.05) is 0 Å². The Morgan fingerprint density at radius 1 is 1.20 bits per heavy atom. The molecule has 0 radical (unpaired) electrons. The van der Waals surface area contributed by atoms with E-state index in [0.717, 1.165) is 12.8 Å². The number of hydrogen-bond acceptors (Lipinski definition) is 3. The van der Waals surface area contributed by atoms with Crippen LogP contribution in [0.2, 0.25) is 0 Å². The summed E-state index contributed by atoms with van der Waals surface area (Å²) in [7, 11) is 1.33. The van der Waals surface area contributed by atoms with Crippen molar-refractivity contribution >= 4 is 17.7 Å². The second-order valence-corrected chi connectivity index (χ2v) is 5.01. The maximum absolute atomic E-state index is 11.9. The molecule has 108 valence electrons. The summed E-state index contributed by atoms with van der Waals surface area (Å²) in [6, 6.07) is 6.74. The van der Waals surface area contributed by atoms with Gasteiger partial charge in [-0.25, -0.2) is 9.59 Å². The van der Waals surface area contributed by atoms with Crippen LogP contribution >= 0.6 is 0 Å². The molecule has 0 heterocycles. The van der Waals surface area contributed by atoms with Crippen molar-refractivity contribution in [1.82, 2.24) is 5.32 Å². The van der Waals surface area contributed by atoms with E-state index in [1.54, 1.807) is 24.3 Å². The molecule has 1 aliphatic rings. The average Bonchev–Trinajstić information content (AvgIpc) is 2.47. The molecule has 1 fully saturated rings. The van der Waals surface area contributed by atoms with Gasteiger partial charge in [0.05, 0.1) is 12.7 Å². The van der Waals surface area contributed by atoms with E-state index in [-0.39, 0.29) is 12.1 Å². The highest BCUT2D eigenvalue weighted by molar-refractivity contribution is 5.93. The van der Waals surface area contributed by atoms with Crippen LogP contribution in [0.1, 0.15) is 42.5 Å². The summed E-state index contributed by atoms with van der Waals surface area (Å²) in [5, 5.41) is 5.71. The van der Waals surface area contributed by atoms with Crippen molar-refractivity contribution in [3.8, 4) is 0 Å². The molecule has 2 rings (SSSR count). The first-order valence-corrected chi connectivity index (χ1v) is 6.95. The van der Waals surface area contributed by atoms with Crippen LogP contribution < -0.4 is 10.6 Å². The van der Waals surface area contributed by atoms with Gasteiger partial charge in [0.1, 0.15) is 0 Å². The molecule has 0 aliphatic heterocycles. The summed E-state index contributed by atoms with van der Waals surface area (Å²) in [5.74, 6) is -0.415. The van der Waals surface area contributed by atoms with Crippen LogP contribution in [0.15, 0.2) is 24.3 Å². The molecule has 1 aliphatic carbocycles. The Morgan fingerprint density at radius 3 is 2.65 bits per heavy atom. The maximum Gasteiger partial charge on any atom is 0.337 e. The van der Waals surface area contributed by atoms with Crippen molar-refractivity contribution in [3.05, 3.63) is 29.8 Å². The number of anilines is 1. The van der Waals surface area contributed by atoms with Gasteiger partial charge in [-0.3, -0.25) is 0 Å². The Balaban J connectivity index is 1.91. The fourth-order valence-corrected chi connectivity index (χ4v) is 2.44. The summed E-state index contributed by atoms with van der Waals surface area (Å²) in [5.41, 5.74) is 1.00. The van der Waals surface area contributed by atoms with Gasteiger partial charge in [0.25, 0.3) is 0 Å². The maximum atomic E-state index is 11.9. The Morgan fingerprint density at radius 2 is 1.95 bits per heavy atom. The zero-order valence-electron chi connectivity index (χ0n) is 11.6. The summed E-state index contributed by atoms with van der Waals surface area (Å²) in [4.78, 5) is 23.3. The van der Waals surface area contributed by atoms with Crippen LogP contribution in [0.4, 0.5) is 10.5 Å². The Hall–Kier alpha value is -2.04. The molecule has 5 heteroatoms. The highest BCUT2D eigenvalue weighted by atomic mass is 16.5. The lowest BCUT2D eigenvalue weighted by Crippen LogP contribution is -2.39. The van der Waals surface area contributed by atoms with Crippen molar-refractivity contribution in [2.45, 2.75) is 38.1 Å². The SMILES string of the molecule is COC(=O)c1cccc(NC(=O)NC2CCCCC2)c1. The first-order chi connectivity index (χ1) is 9.69. The quantitative estimate of drug-likeness (QED) is 0.834. The molecule has 1 aromatic rings. The number of amides is 2. The molecule has 1 aromatic carbocycles. The van der Waals surface area contributed by atoms with Crippen LogP contribution in [0, 0.1) is 0 Å². The molecule has 5 nitrogen and oxygen atoms in total. The standard InChI is InChI=1S/C15H20N2O3/c1-20-14(18)11-6-5-9-13(10-11)17-15(19)16-12-7-3-2-4-8-12/h5-6,9-10,12H,2-4,7-8H2,1H3,(H2,16,17,19). The average molecular weight is 276 g/mol. The minimum Gasteiger partial charge on any atom is -0.465 e. The molecule has 0 saturated heterocycles. The normalized spacial score (nSPS) is 15.4. The lowest BCUT2D eigenvalue weighted by molar-refractivity contribution is 0.0600. The minimum absolute atomic E-state index is 0.223. The number of urea groups is 1. The molecule has 0 spiro atoms. The van der Waals surface area contributed by atoms with E-state index in [1.165, 1.54) is 26.4 Å². The lowest BCUT2D eigenvalue weighted by Gasteiger charge is -2.22. The number of hydrogen-bond donors (Lipinski definition) is 2.